The Balaban J connectivity index is 1.58. The molecule has 0 aromatic heterocycles. The third kappa shape index (κ3) is 5.49. The van der Waals surface area contributed by atoms with Crippen molar-refractivity contribution < 1.29 is 22.3 Å². The summed E-state index contributed by atoms with van der Waals surface area (Å²) in [7, 11) is 0. The first-order chi connectivity index (χ1) is 12.9. The van der Waals surface area contributed by atoms with E-state index in [9.17, 15) is 17.6 Å². The van der Waals surface area contributed by atoms with Gasteiger partial charge in [0, 0.05) is 5.92 Å². The van der Waals surface area contributed by atoms with E-state index in [2.05, 4.69) is 17.7 Å². The van der Waals surface area contributed by atoms with Crippen LogP contribution in [0, 0.1) is 17.7 Å². The molecule has 1 atom stereocenters. The minimum Gasteiger partial charge on any atom is -0.403 e. The van der Waals surface area contributed by atoms with Gasteiger partial charge in [-0.15, -0.1) is 13.2 Å². The van der Waals surface area contributed by atoms with Gasteiger partial charge in [-0.05, 0) is 74.5 Å². The molecule has 1 fully saturated rings. The van der Waals surface area contributed by atoms with Crippen molar-refractivity contribution in [1.82, 2.24) is 0 Å². The maximum atomic E-state index is 14.0. The summed E-state index contributed by atoms with van der Waals surface area (Å²) < 4.78 is 54.5. The summed E-state index contributed by atoms with van der Waals surface area (Å²) in [4.78, 5) is 0. The number of alkyl halides is 3. The van der Waals surface area contributed by atoms with E-state index in [4.69, 9.17) is 0 Å². The zero-order valence-corrected chi connectivity index (χ0v) is 15.7. The van der Waals surface area contributed by atoms with Gasteiger partial charge in [-0.3, -0.25) is 0 Å². The second-order valence-corrected chi connectivity index (χ2v) is 7.77. The van der Waals surface area contributed by atoms with E-state index in [1.165, 1.54) is 50.2 Å². The zero-order chi connectivity index (χ0) is 19.4. The van der Waals surface area contributed by atoms with E-state index < -0.39 is 17.9 Å². The first-order valence-corrected chi connectivity index (χ1v) is 9.95. The van der Waals surface area contributed by atoms with Gasteiger partial charge in [-0.1, -0.05) is 37.5 Å². The van der Waals surface area contributed by atoms with Gasteiger partial charge in [0.15, 0.2) is 11.6 Å². The van der Waals surface area contributed by atoms with Gasteiger partial charge in [0.25, 0.3) is 0 Å². The molecule has 1 aromatic rings. The Morgan fingerprint density at radius 1 is 1.07 bits per heavy atom. The molecule has 2 aliphatic carbocycles. The fourth-order valence-corrected chi connectivity index (χ4v) is 4.48. The van der Waals surface area contributed by atoms with Gasteiger partial charge in [-0.25, -0.2) is 4.39 Å². The summed E-state index contributed by atoms with van der Waals surface area (Å²) in [5.74, 6) is 0.887. The Morgan fingerprint density at radius 3 is 2.37 bits per heavy atom. The maximum Gasteiger partial charge on any atom is 0.573 e. The first kappa shape index (κ1) is 20.2. The van der Waals surface area contributed by atoms with Crippen molar-refractivity contribution in [2.45, 2.75) is 77.0 Å². The molecule has 27 heavy (non-hydrogen) atoms. The lowest BCUT2D eigenvalue weighted by Gasteiger charge is -2.32. The Labute approximate surface area is 158 Å². The second kappa shape index (κ2) is 8.66. The molecular weight excluding hydrogens is 356 g/mol. The lowest BCUT2D eigenvalue weighted by Crippen LogP contribution is -2.18. The van der Waals surface area contributed by atoms with Crippen LogP contribution in [0.3, 0.4) is 0 Å². The lowest BCUT2D eigenvalue weighted by atomic mass is 9.73. The van der Waals surface area contributed by atoms with Crippen LogP contribution >= 0.6 is 0 Å². The number of allylic oxidation sites excluding steroid dienone is 2. The van der Waals surface area contributed by atoms with Crippen LogP contribution in [0.2, 0.25) is 0 Å². The van der Waals surface area contributed by atoms with Crippen molar-refractivity contribution in [3.63, 3.8) is 0 Å². The Hall–Kier alpha value is -1.52. The number of hydrogen-bond acceptors (Lipinski definition) is 1. The van der Waals surface area contributed by atoms with Gasteiger partial charge in [0.1, 0.15) is 0 Å². The van der Waals surface area contributed by atoms with E-state index in [-0.39, 0.29) is 5.92 Å². The van der Waals surface area contributed by atoms with E-state index in [0.29, 0.717) is 0 Å². The van der Waals surface area contributed by atoms with Crippen LogP contribution in [0.1, 0.15) is 76.2 Å². The molecule has 2 aliphatic rings. The fraction of sp³-hybridized carbons (Fsp3) is 0.591. The summed E-state index contributed by atoms with van der Waals surface area (Å²) in [5, 5.41) is 0. The molecule has 0 N–H and O–H groups in total. The first-order valence-electron chi connectivity index (χ1n) is 9.95. The number of halogens is 4. The summed E-state index contributed by atoms with van der Waals surface area (Å²) in [5.41, 5.74) is 2.20. The van der Waals surface area contributed by atoms with Crippen LogP contribution in [0.5, 0.6) is 5.75 Å². The monoisotopic (exact) mass is 383 g/mol. The fourth-order valence-electron chi connectivity index (χ4n) is 4.48. The molecule has 1 radical (unpaired) electrons. The van der Waals surface area contributed by atoms with E-state index in [1.807, 2.05) is 0 Å². The number of ether oxygens (including phenoxy) is 1. The molecule has 3 rings (SSSR count). The minimum atomic E-state index is -4.88. The average Bonchev–Trinajstić information content (AvgIpc) is 2.63. The number of rotatable bonds is 5. The smallest absolute Gasteiger partial charge is 0.403 e. The van der Waals surface area contributed by atoms with Crippen molar-refractivity contribution in [3.8, 4) is 5.75 Å². The van der Waals surface area contributed by atoms with Crippen LogP contribution in [0.15, 0.2) is 29.8 Å². The standard InChI is InChI=1S/C22H27F4O/c1-2-3-15-4-6-16(7-5-15)17-8-10-18(11-9-17)19-12-13-21(20(23)14-19)27-22(24,25)26/h8,12-15,18H,2-7,9-11H2,1H3. The predicted molar refractivity (Wildman–Crippen MR) is 97.9 cm³/mol. The normalized spacial score (nSPS) is 22.6. The molecule has 0 bridgehead atoms. The molecule has 1 saturated carbocycles. The highest BCUT2D eigenvalue weighted by molar-refractivity contribution is 5.34. The molecule has 0 spiro atoms. The molecule has 1 aromatic carbocycles. The highest BCUT2D eigenvalue weighted by Gasteiger charge is 2.33. The van der Waals surface area contributed by atoms with Gasteiger partial charge >= 0.3 is 6.36 Å². The minimum absolute atomic E-state index is 0.153. The maximum absolute atomic E-state index is 14.0. The molecule has 5 heteroatoms. The van der Waals surface area contributed by atoms with Crippen LogP contribution in [-0.2, 0) is 0 Å². The highest BCUT2D eigenvalue weighted by Crippen LogP contribution is 2.43. The molecule has 0 aliphatic heterocycles. The van der Waals surface area contributed by atoms with Crippen molar-refractivity contribution in [2.24, 2.45) is 5.92 Å². The quantitative estimate of drug-likeness (QED) is 0.479. The van der Waals surface area contributed by atoms with Gasteiger partial charge in [-0.2, -0.15) is 0 Å². The van der Waals surface area contributed by atoms with Crippen molar-refractivity contribution in [1.29, 1.82) is 0 Å². The summed E-state index contributed by atoms with van der Waals surface area (Å²) in [6.07, 6.45) is 7.63. The molecule has 149 valence electrons. The predicted octanol–water partition coefficient (Wildman–Crippen LogP) is 7.48. The van der Waals surface area contributed by atoms with E-state index in [0.717, 1.165) is 36.8 Å². The van der Waals surface area contributed by atoms with Crippen molar-refractivity contribution in [2.75, 3.05) is 0 Å². The van der Waals surface area contributed by atoms with E-state index >= 15 is 0 Å². The third-order valence-corrected chi connectivity index (χ3v) is 5.92. The SMILES string of the molecule is CCCC1CC[C](C2=CCC(c3ccc(OC(F)(F)F)c(F)c3)CC2)CC1. The molecule has 0 heterocycles. The molecular formula is C22H27F4O. The number of benzene rings is 1. The molecule has 0 saturated heterocycles. The van der Waals surface area contributed by atoms with E-state index in [1.54, 1.807) is 12.0 Å². The Morgan fingerprint density at radius 2 is 1.81 bits per heavy atom. The lowest BCUT2D eigenvalue weighted by molar-refractivity contribution is -0.275. The van der Waals surface area contributed by atoms with Gasteiger partial charge < -0.3 is 4.74 Å². The van der Waals surface area contributed by atoms with Crippen LogP contribution in [0.25, 0.3) is 0 Å². The topological polar surface area (TPSA) is 9.23 Å². The summed E-state index contributed by atoms with van der Waals surface area (Å²) in [6, 6.07) is 3.82. The van der Waals surface area contributed by atoms with Crippen LogP contribution < -0.4 is 4.74 Å². The Kier molecular flexibility index (Phi) is 6.48. The van der Waals surface area contributed by atoms with Crippen LogP contribution in [-0.4, -0.2) is 6.36 Å². The average molecular weight is 383 g/mol. The number of hydrogen-bond donors (Lipinski definition) is 0. The summed E-state index contributed by atoms with van der Waals surface area (Å²) in [6.45, 7) is 2.24. The molecule has 1 unspecified atom stereocenters. The van der Waals surface area contributed by atoms with Crippen molar-refractivity contribution in [3.05, 3.63) is 47.1 Å². The zero-order valence-electron chi connectivity index (χ0n) is 15.7. The second-order valence-electron chi connectivity index (χ2n) is 7.77. The van der Waals surface area contributed by atoms with Crippen LogP contribution in [0.4, 0.5) is 17.6 Å². The van der Waals surface area contributed by atoms with Gasteiger partial charge in [0.05, 0.1) is 0 Å². The summed E-state index contributed by atoms with van der Waals surface area (Å²) >= 11 is 0. The van der Waals surface area contributed by atoms with Gasteiger partial charge in [0.2, 0.25) is 0 Å². The largest absolute Gasteiger partial charge is 0.573 e. The highest BCUT2D eigenvalue weighted by atomic mass is 19.4. The molecule has 1 nitrogen and oxygen atoms in total. The molecule has 0 amide bonds. The van der Waals surface area contributed by atoms with Crippen molar-refractivity contribution >= 4 is 0 Å². The third-order valence-electron chi connectivity index (χ3n) is 5.92. The Bertz CT molecular complexity index is 657.